The summed E-state index contributed by atoms with van der Waals surface area (Å²) in [6.07, 6.45) is -4.29. The Hall–Kier alpha value is -1.31. The Balaban J connectivity index is 2.91. The highest BCUT2D eigenvalue weighted by atomic mass is 19.4. The second-order valence-electron chi connectivity index (χ2n) is 3.59. The Morgan fingerprint density at radius 3 is 2.56 bits per heavy atom. The number of hydrogen-bond donors (Lipinski definition) is 2. The van der Waals surface area contributed by atoms with Crippen LogP contribution in [0.1, 0.15) is 18.0 Å². The molecule has 1 unspecified atom stereocenters. The number of benzene rings is 1. The molecular formula is C11H15F3N2O2. The fraction of sp³-hybridized carbons (Fsp3) is 0.455. The average molecular weight is 264 g/mol. The van der Waals surface area contributed by atoms with E-state index in [1.165, 1.54) is 25.3 Å². The van der Waals surface area contributed by atoms with E-state index >= 15 is 0 Å². The number of ether oxygens (including phenoxy) is 2. The number of para-hydroxylation sites is 1. The van der Waals surface area contributed by atoms with Crippen molar-refractivity contribution in [2.75, 3.05) is 13.7 Å². The average Bonchev–Trinajstić information content (AvgIpc) is 2.30. The second-order valence-corrected chi connectivity index (χ2v) is 3.59. The number of methoxy groups -OCH3 is 1. The van der Waals surface area contributed by atoms with Crippen LogP contribution in [0.3, 0.4) is 0 Å². The van der Waals surface area contributed by atoms with Crippen molar-refractivity contribution >= 4 is 0 Å². The molecule has 4 nitrogen and oxygen atoms in total. The Bertz CT molecular complexity index is 372. The third-order valence-corrected chi connectivity index (χ3v) is 2.33. The monoisotopic (exact) mass is 264 g/mol. The van der Waals surface area contributed by atoms with Gasteiger partial charge in [0.25, 0.3) is 0 Å². The first-order valence-corrected chi connectivity index (χ1v) is 5.27. The zero-order chi connectivity index (χ0) is 13.6. The quantitative estimate of drug-likeness (QED) is 0.610. The van der Waals surface area contributed by atoms with Gasteiger partial charge in [-0.3, -0.25) is 11.3 Å². The molecule has 0 aromatic heterocycles. The predicted molar refractivity (Wildman–Crippen MR) is 59.7 cm³/mol. The van der Waals surface area contributed by atoms with Gasteiger partial charge in [-0.2, -0.15) is 0 Å². The molecule has 0 saturated heterocycles. The minimum Gasteiger partial charge on any atom is -0.405 e. The molecule has 0 aliphatic heterocycles. The molecule has 0 heterocycles. The predicted octanol–water partition coefficient (Wildman–Crippen LogP) is 2.13. The summed E-state index contributed by atoms with van der Waals surface area (Å²) in [6, 6.07) is 5.40. The number of nitrogens with one attached hydrogen (secondary N) is 1. The van der Waals surface area contributed by atoms with Gasteiger partial charge in [0.2, 0.25) is 0 Å². The zero-order valence-electron chi connectivity index (χ0n) is 9.83. The third-order valence-electron chi connectivity index (χ3n) is 2.33. The van der Waals surface area contributed by atoms with Crippen molar-refractivity contribution in [1.29, 1.82) is 0 Å². The summed E-state index contributed by atoms with van der Waals surface area (Å²) in [4.78, 5) is 0. The molecule has 0 fully saturated rings. The van der Waals surface area contributed by atoms with Gasteiger partial charge in [0.1, 0.15) is 5.75 Å². The van der Waals surface area contributed by atoms with Crippen molar-refractivity contribution in [3.63, 3.8) is 0 Å². The maximum absolute atomic E-state index is 12.2. The lowest BCUT2D eigenvalue weighted by Gasteiger charge is -2.20. The van der Waals surface area contributed by atoms with Crippen molar-refractivity contribution in [1.82, 2.24) is 5.43 Å². The van der Waals surface area contributed by atoms with Crippen molar-refractivity contribution in [2.24, 2.45) is 5.84 Å². The lowest BCUT2D eigenvalue weighted by molar-refractivity contribution is -0.275. The second kappa shape index (κ2) is 6.58. The molecule has 0 spiro atoms. The minimum atomic E-state index is -4.73. The number of hydrazine groups is 1. The first-order chi connectivity index (χ1) is 8.48. The molecule has 1 rings (SSSR count). The van der Waals surface area contributed by atoms with E-state index in [1.54, 1.807) is 6.07 Å². The van der Waals surface area contributed by atoms with E-state index in [2.05, 4.69) is 10.2 Å². The molecule has 1 aromatic rings. The molecule has 0 bridgehead atoms. The fourth-order valence-electron chi connectivity index (χ4n) is 1.55. The molecule has 0 aliphatic carbocycles. The van der Waals surface area contributed by atoms with E-state index in [9.17, 15) is 13.2 Å². The van der Waals surface area contributed by atoms with Gasteiger partial charge >= 0.3 is 6.36 Å². The number of alkyl halides is 3. The number of rotatable bonds is 6. The van der Waals surface area contributed by atoms with Crippen LogP contribution >= 0.6 is 0 Å². The summed E-state index contributed by atoms with van der Waals surface area (Å²) in [6.45, 7) is 0.370. The highest BCUT2D eigenvalue weighted by molar-refractivity contribution is 5.36. The Morgan fingerprint density at radius 2 is 2.00 bits per heavy atom. The molecule has 3 N–H and O–H groups in total. The molecule has 1 aromatic carbocycles. The van der Waals surface area contributed by atoms with Crippen molar-refractivity contribution in [2.45, 2.75) is 18.8 Å². The molecule has 1 atom stereocenters. The van der Waals surface area contributed by atoms with Crippen LogP contribution in [0.15, 0.2) is 24.3 Å². The van der Waals surface area contributed by atoms with E-state index in [0.717, 1.165) is 0 Å². The molecule has 18 heavy (non-hydrogen) atoms. The number of nitrogens with two attached hydrogens (primary N) is 1. The first kappa shape index (κ1) is 14.7. The number of hydrogen-bond acceptors (Lipinski definition) is 4. The lowest BCUT2D eigenvalue weighted by Crippen LogP contribution is -2.30. The van der Waals surface area contributed by atoms with Crippen LogP contribution in [-0.4, -0.2) is 20.1 Å². The van der Waals surface area contributed by atoms with Gasteiger partial charge in [0.05, 0.1) is 6.04 Å². The van der Waals surface area contributed by atoms with Crippen LogP contribution < -0.4 is 16.0 Å². The lowest BCUT2D eigenvalue weighted by atomic mass is 10.0. The molecule has 0 amide bonds. The van der Waals surface area contributed by atoms with E-state index in [1.807, 2.05) is 0 Å². The normalized spacial score (nSPS) is 13.4. The van der Waals surface area contributed by atoms with Gasteiger partial charge in [-0.25, -0.2) is 0 Å². The van der Waals surface area contributed by atoms with Gasteiger partial charge in [-0.05, 0) is 12.5 Å². The fourth-order valence-corrected chi connectivity index (χ4v) is 1.55. The molecule has 0 aliphatic rings. The standard InChI is InChI=1S/C11H15F3N2O2/c1-17-7-6-9(16-15)8-4-2-3-5-10(8)18-11(12,13)14/h2-5,9,16H,6-7,15H2,1H3. The van der Waals surface area contributed by atoms with Gasteiger partial charge < -0.3 is 9.47 Å². The minimum absolute atomic E-state index is 0.260. The first-order valence-electron chi connectivity index (χ1n) is 5.27. The van der Waals surface area contributed by atoms with Gasteiger partial charge in [-0.1, -0.05) is 18.2 Å². The van der Waals surface area contributed by atoms with Crippen LogP contribution in [0, 0.1) is 0 Å². The van der Waals surface area contributed by atoms with Gasteiger partial charge in [-0.15, -0.1) is 13.2 Å². The summed E-state index contributed by atoms with van der Waals surface area (Å²) < 4.78 is 45.6. The summed E-state index contributed by atoms with van der Waals surface area (Å²) >= 11 is 0. The van der Waals surface area contributed by atoms with E-state index in [4.69, 9.17) is 10.6 Å². The van der Waals surface area contributed by atoms with E-state index in [0.29, 0.717) is 18.6 Å². The smallest absolute Gasteiger partial charge is 0.405 e. The molecular weight excluding hydrogens is 249 g/mol. The maximum Gasteiger partial charge on any atom is 0.573 e. The Morgan fingerprint density at radius 1 is 1.33 bits per heavy atom. The summed E-state index contributed by atoms with van der Waals surface area (Å²) in [5, 5.41) is 0. The highest BCUT2D eigenvalue weighted by Gasteiger charge is 2.32. The van der Waals surface area contributed by atoms with E-state index < -0.39 is 12.4 Å². The SMILES string of the molecule is COCCC(NN)c1ccccc1OC(F)(F)F. The molecule has 0 saturated carbocycles. The number of halogens is 3. The maximum atomic E-state index is 12.2. The Labute approximate surface area is 103 Å². The van der Waals surface area contributed by atoms with Crippen LogP contribution in [0.5, 0.6) is 5.75 Å². The molecule has 7 heteroatoms. The summed E-state index contributed by atoms with van der Waals surface area (Å²) in [7, 11) is 1.51. The van der Waals surface area contributed by atoms with Gasteiger partial charge in [0, 0.05) is 19.3 Å². The topological polar surface area (TPSA) is 56.5 Å². The third kappa shape index (κ3) is 4.52. The van der Waals surface area contributed by atoms with Gasteiger partial charge in [0.15, 0.2) is 0 Å². The summed E-state index contributed by atoms with van der Waals surface area (Å²) in [5.74, 6) is 5.08. The summed E-state index contributed by atoms with van der Waals surface area (Å²) in [5.41, 5.74) is 2.79. The van der Waals surface area contributed by atoms with Crippen molar-refractivity contribution in [3.05, 3.63) is 29.8 Å². The van der Waals surface area contributed by atoms with E-state index in [-0.39, 0.29) is 5.75 Å². The van der Waals surface area contributed by atoms with Crippen molar-refractivity contribution in [3.8, 4) is 5.75 Å². The van der Waals surface area contributed by atoms with Crippen LogP contribution in [0.4, 0.5) is 13.2 Å². The largest absolute Gasteiger partial charge is 0.573 e. The zero-order valence-corrected chi connectivity index (χ0v) is 9.83. The molecule has 0 radical (unpaired) electrons. The highest BCUT2D eigenvalue weighted by Crippen LogP contribution is 2.31. The van der Waals surface area contributed by atoms with Crippen molar-refractivity contribution < 1.29 is 22.6 Å². The molecule has 102 valence electrons. The van der Waals surface area contributed by atoms with Crippen LogP contribution in [-0.2, 0) is 4.74 Å². The van der Waals surface area contributed by atoms with Crippen LogP contribution in [0.25, 0.3) is 0 Å². The Kier molecular flexibility index (Phi) is 5.39. The van der Waals surface area contributed by atoms with Crippen LogP contribution in [0.2, 0.25) is 0 Å².